The summed E-state index contributed by atoms with van der Waals surface area (Å²) < 4.78 is 0. The Kier molecular flexibility index (Phi) is 1.86. The average Bonchev–Trinajstić information content (AvgIpc) is 2.14. The summed E-state index contributed by atoms with van der Waals surface area (Å²) >= 11 is 0. The fourth-order valence-electron chi connectivity index (χ4n) is 1.24. The Morgan fingerprint density at radius 3 is 2.75 bits per heavy atom. The molecule has 0 aliphatic carbocycles. The zero-order valence-electron chi connectivity index (χ0n) is 5.35. The molecule has 0 bridgehead atoms. The lowest BCUT2D eigenvalue weighted by Gasteiger charge is -2.11. The monoisotopic (exact) mass is 114 g/mol. The van der Waals surface area contributed by atoms with Crippen LogP contribution in [0, 0.1) is 0 Å². The molecule has 2 atom stereocenters. The summed E-state index contributed by atoms with van der Waals surface area (Å²) in [6.07, 6.45) is 2.32. The van der Waals surface area contributed by atoms with Gasteiger partial charge in [-0.25, -0.2) is 0 Å². The molecule has 0 aromatic carbocycles. The Bertz CT molecular complexity index is 72.9. The van der Waals surface area contributed by atoms with Gasteiger partial charge in [-0.1, -0.05) is 6.92 Å². The highest BCUT2D eigenvalue weighted by Gasteiger charge is 2.20. The lowest BCUT2D eigenvalue weighted by molar-refractivity contribution is 0.527. The van der Waals surface area contributed by atoms with E-state index in [1.165, 1.54) is 6.42 Å². The number of nitrogens with one attached hydrogen (secondary N) is 1. The lowest BCUT2D eigenvalue weighted by atomic mass is 10.1. The standard InChI is InChI=1S/C6H14N2/c1-2-6-5(7)3-4-8-6/h5-6,8H,2-4,7H2,1H3/t5-,6-/m0/s1. The Morgan fingerprint density at radius 2 is 2.50 bits per heavy atom. The fourth-order valence-corrected chi connectivity index (χ4v) is 1.24. The number of hydrogen-bond acceptors (Lipinski definition) is 2. The van der Waals surface area contributed by atoms with Crippen LogP contribution in [0.3, 0.4) is 0 Å². The molecule has 3 N–H and O–H groups in total. The van der Waals surface area contributed by atoms with Crippen molar-refractivity contribution in [2.75, 3.05) is 6.54 Å². The molecule has 0 saturated carbocycles. The Balaban J connectivity index is 2.30. The molecule has 0 aromatic rings. The molecule has 1 saturated heterocycles. The van der Waals surface area contributed by atoms with Crippen LogP contribution in [0.2, 0.25) is 0 Å². The van der Waals surface area contributed by atoms with Crippen LogP contribution in [-0.2, 0) is 0 Å². The molecule has 1 aliphatic heterocycles. The van der Waals surface area contributed by atoms with Gasteiger partial charge in [-0.3, -0.25) is 0 Å². The van der Waals surface area contributed by atoms with Crippen LogP contribution in [0.15, 0.2) is 0 Å². The van der Waals surface area contributed by atoms with Crippen LogP contribution in [0.5, 0.6) is 0 Å². The predicted octanol–water partition coefficient (Wildman–Crippen LogP) is 0.0856. The topological polar surface area (TPSA) is 38.0 Å². The summed E-state index contributed by atoms with van der Waals surface area (Å²) in [4.78, 5) is 0. The van der Waals surface area contributed by atoms with E-state index < -0.39 is 0 Å². The van der Waals surface area contributed by atoms with Gasteiger partial charge in [-0.05, 0) is 19.4 Å². The summed E-state index contributed by atoms with van der Waals surface area (Å²) in [6, 6.07) is 1.01. The molecule has 1 fully saturated rings. The van der Waals surface area contributed by atoms with E-state index >= 15 is 0 Å². The van der Waals surface area contributed by atoms with Crippen LogP contribution < -0.4 is 11.1 Å². The molecule has 1 aliphatic rings. The summed E-state index contributed by atoms with van der Waals surface area (Å²) in [7, 11) is 0. The Labute approximate surface area is 50.4 Å². The molecule has 1 rings (SSSR count). The first-order valence-electron chi connectivity index (χ1n) is 3.33. The van der Waals surface area contributed by atoms with Crippen LogP contribution in [0.4, 0.5) is 0 Å². The zero-order chi connectivity index (χ0) is 5.98. The third kappa shape index (κ3) is 1.01. The van der Waals surface area contributed by atoms with Gasteiger partial charge >= 0.3 is 0 Å². The number of hydrogen-bond donors (Lipinski definition) is 2. The highest BCUT2D eigenvalue weighted by atomic mass is 15.0. The molecule has 8 heavy (non-hydrogen) atoms. The van der Waals surface area contributed by atoms with Crippen LogP contribution in [0.25, 0.3) is 0 Å². The summed E-state index contributed by atoms with van der Waals surface area (Å²) in [5.74, 6) is 0. The maximum atomic E-state index is 5.73. The van der Waals surface area contributed by atoms with Gasteiger partial charge < -0.3 is 11.1 Å². The van der Waals surface area contributed by atoms with E-state index in [1.54, 1.807) is 0 Å². The maximum Gasteiger partial charge on any atom is 0.0216 e. The van der Waals surface area contributed by atoms with Gasteiger partial charge in [0.1, 0.15) is 0 Å². The molecule has 0 amide bonds. The lowest BCUT2D eigenvalue weighted by Crippen LogP contribution is -2.35. The van der Waals surface area contributed by atoms with Gasteiger partial charge in [0.15, 0.2) is 0 Å². The molecule has 2 heteroatoms. The Hall–Kier alpha value is -0.0800. The average molecular weight is 114 g/mol. The van der Waals surface area contributed by atoms with E-state index in [1.807, 2.05) is 0 Å². The second kappa shape index (κ2) is 2.46. The molecular formula is C6H14N2. The molecular weight excluding hydrogens is 100 g/mol. The van der Waals surface area contributed by atoms with Crippen LogP contribution >= 0.6 is 0 Å². The van der Waals surface area contributed by atoms with E-state index in [4.69, 9.17) is 5.73 Å². The largest absolute Gasteiger partial charge is 0.326 e. The van der Waals surface area contributed by atoms with Gasteiger partial charge in [-0.2, -0.15) is 0 Å². The van der Waals surface area contributed by atoms with Gasteiger partial charge in [-0.15, -0.1) is 0 Å². The van der Waals surface area contributed by atoms with E-state index in [9.17, 15) is 0 Å². The molecule has 1 heterocycles. The molecule has 0 spiro atoms. The van der Waals surface area contributed by atoms with Crippen molar-refractivity contribution in [1.29, 1.82) is 0 Å². The van der Waals surface area contributed by atoms with E-state index in [2.05, 4.69) is 12.2 Å². The predicted molar refractivity (Wildman–Crippen MR) is 34.7 cm³/mol. The quantitative estimate of drug-likeness (QED) is 0.507. The second-order valence-corrected chi connectivity index (χ2v) is 2.42. The highest BCUT2D eigenvalue weighted by molar-refractivity contribution is 4.84. The molecule has 48 valence electrons. The number of rotatable bonds is 1. The van der Waals surface area contributed by atoms with E-state index in [-0.39, 0.29) is 0 Å². The zero-order valence-corrected chi connectivity index (χ0v) is 5.35. The van der Waals surface area contributed by atoms with Crippen LogP contribution in [-0.4, -0.2) is 18.6 Å². The van der Waals surface area contributed by atoms with Crippen molar-refractivity contribution >= 4 is 0 Å². The van der Waals surface area contributed by atoms with Crippen molar-refractivity contribution < 1.29 is 0 Å². The molecule has 0 aromatic heterocycles. The minimum absolute atomic E-state index is 0.417. The third-order valence-corrected chi connectivity index (χ3v) is 1.84. The molecule has 2 nitrogen and oxygen atoms in total. The minimum Gasteiger partial charge on any atom is -0.326 e. The number of nitrogens with two attached hydrogens (primary N) is 1. The normalized spacial score (nSPS) is 38.2. The van der Waals surface area contributed by atoms with Gasteiger partial charge in [0.2, 0.25) is 0 Å². The maximum absolute atomic E-state index is 5.73. The van der Waals surface area contributed by atoms with Crippen molar-refractivity contribution in [3.63, 3.8) is 0 Å². The SMILES string of the molecule is CC[C@@H]1NCC[C@@H]1N. The third-order valence-electron chi connectivity index (χ3n) is 1.84. The first-order chi connectivity index (χ1) is 3.84. The molecule has 0 unspecified atom stereocenters. The summed E-state index contributed by atoms with van der Waals surface area (Å²) in [6.45, 7) is 3.28. The van der Waals surface area contributed by atoms with Crippen molar-refractivity contribution in [3.8, 4) is 0 Å². The first kappa shape index (κ1) is 6.05. The highest BCUT2D eigenvalue weighted by Crippen LogP contribution is 2.06. The summed E-state index contributed by atoms with van der Waals surface area (Å²) in [5, 5.41) is 3.33. The fraction of sp³-hybridized carbons (Fsp3) is 1.00. The minimum atomic E-state index is 0.417. The van der Waals surface area contributed by atoms with E-state index in [0.717, 1.165) is 13.0 Å². The second-order valence-electron chi connectivity index (χ2n) is 2.42. The summed E-state index contributed by atoms with van der Waals surface area (Å²) in [5.41, 5.74) is 5.73. The van der Waals surface area contributed by atoms with Crippen molar-refractivity contribution in [3.05, 3.63) is 0 Å². The van der Waals surface area contributed by atoms with Crippen molar-refractivity contribution in [1.82, 2.24) is 5.32 Å². The van der Waals surface area contributed by atoms with Gasteiger partial charge in [0.05, 0.1) is 0 Å². The van der Waals surface area contributed by atoms with Crippen LogP contribution in [0.1, 0.15) is 19.8 Å². The van der Waals surface area contributed by atoms with Gasteiger partial charge in [0, 0.05) is 12.1 Å². The Morgan fingerprint density at radius 1 is 1.75 bits per heavy atom. The van der Waals surface area contributed by atoms with Gasteiger partial charge in [0.25, 0.3) is 0 Å². The molecule has 0 radical (unpaired) electrons. The smallest absolute Gasteiger partial charge is 0.0216 e. The first-order valence-corrected chi connectivity index (χ1v) is 3.33. The van der Waals surface area contributed by atoms with Crippen molar-refractivity contribution in [2.45, 2.75) is 31.8 Å². The van der Waals surface area contributed by atoms with Crippen molar-refractivity contribution in [2.24, 2.45) is 5.73 Å². The van der Waals surface area contributed by atoms with E-state index in [0.29, 0.717) is 12.1 Å².